The van der Waals surface area contributed by atoms with Gasteiger partial charge < -0.3 is 15.4 Å². The lowest BCUT2D eigenvalue weighted by atomic mass is 10.1. The number of sulfone groups is 1. The molecule has 2 aromatic rings. The molecule has 0 fully saturated rings. The number of benzene rings is 2. The average molecular weight is 446 g/mol. The van der Waals surface area contributed by atoms with E-state index in [1.807, 2.05) is 54.6 Å². The third-order valence-electron chi connectivity index (χ3n) is 4.69. The summed E-state index contributed by atoms with van der Waals surface area (Å²) in [5.41, 5.74) is 1.94. The highest BCUT2D eigenvalue weighted by Crippen LogP contribution is 2.18. The van der Waals surface area contributed by atoms with Crippen LogP contribution in [-0.4, -0.2) is 40.3 Å². The van der Waals surface area contributed by atoms with Crippen molar-refractivity contribution >= 4 is 15.8 Å². The van der Waals surface area contributed by atoms with Crippen LogP contribution < -0.4 is 15.4 Å². The van der Waals surface area contributed by atoms with Gasteiger partial charge in [-0.1, -0.05) is 56.3 Å². The Labute approximate surface area is 187 Å². The summed E-state index contributed by atoms with van der Waals surface area (Å²) in [5, 5.41) is 6.54. The molecule has 0 amide bonds. The number of guanidine groups is 1. The summed E-state index contributed by atoms with van der Waals surface area (Å²) in [6.45, 7) is 7.53. The van der Waals surface area contributed by atoms with Crippen molar-refractivity contribution in [1.82, 2.24) is 10.6 Å². The lowest BCUT2D eigenvalue weighted by Crippen LogP contribution is -2.39. The van der Waals surface area contributed by atoms with Crippen LogP contribution in [0.25, 0.3) is 0 Å². The average Bonchev–Trinajstić information content (AvgIpc) is 2.75. The highest BCUT2D eigenvalue weighted by atomic mass is 32.2. The summed E-state index contributed by atoms with van der Waals surface area (Å²) in [4.78, 5) is 4.24. The Morgan fingerprint density at radius 2 is 1.71 bits per heavy atom. The van der Waals surface area contributed by atoms with E-state index < -0.39 is 9.84 Å². The number of ether oxygens (including phenoxy) is 1. The van der Waals surface area contributed by atoms with Gasteiger partial charge in [-0.2, -0.15) is 0 Å². The van der Waals surface area contributed by atoms with Gasteiger partial charge in [-0.3, -0.25) is 4.99 Å². The molecular formula is C24H35N3O3S. The maximum atomic E-state index is 12.3. The van der Waals surface area contributed by atoms with Crippen LogP contribution in [0.4, 0.5) is 0 Å². The van der Waals surface area contributed by atoms with E-state index in [1.54, 1.807) is 7.05 Å². The van der Waals surface area contributed by atoms with Gasteiger partial charge in [0.25, 0.3) is 0 Å². The topological polar surface area (TPSA) is 79.8 Å². The quantitative estimate of drug-likeness (QED) is 0.311. The standard InChI is InChI=1S/C24H35N3O3S/c1-19(2)17-30-23-13-11-22(12-14-23)20(3)27-24(25-4)26-15-8-16-31(28,29)18-21-9-6-5-7-10-21/h5-7,9-14,19-20H,8,15-18H2,1-4H3,(H2,25,26,27). The van der Waals surface area contributed by atoms with Crippen LogP contribution in [0.2, 0.25) is 0 Å². The van der Waals surface area contributed by atoms with Crippen molar-refractivity contribution in [2.24, 2.45) is 10.9 Å². The zero-order chi connectivity index (χ0) is 22.7. The molecule has 7 heteroatoms. The van der Waals surface area contributed by atoms with E-state index in [1.165, 1.54) is 0 Å². The van der Waals surface area contributed by atoms with Crippen molar-refractivity contribution in [3.8, 4) is 5.75 Å². The molecule has 170 valence electrons. The van der Waals surface area contributed by atoms with Gasteiger partial charge in [-0.15, -0.1) is 0 Å². The zero-order valence-corrected chi connectivity index (χ0v) is 19.8. The molecule has 6 nitrogen and oxygen atoms in total. The second-order valence-corrected chi connectivity index (χ2v) is 10.3. The normalized spacial score (nSPS) is 13.1. The van der Waals surface area contributed by atoms with Gasteiger partial charge in [-0.25, -0.2) is 8.42 Å². The van der Waals surface area contributed by atoms with Crippen LogP contribution >= 0.6 is 0 Å². The SMILES string of the molecule is CN=C(NCCCS(=O)(=O)Cc1ccccc1)NC(C)c1ccc(OCC(C)C)cc1. The summed E-state index contributed by atoms with van der Waals surface area (Å²) in [7, 11) is -1.43. The van der Waals surface area contributed by atoms with E-state index in [9.17, 15) is 8.42 Å². The number of aliphatic imine (C=N–C) groups is 1. The molecule has 0 bridgehead atoms. The minimum Gasteiger partial charge on any atom is -0.493 e. The first kappa shape index (κ1) is 24.7. The minimum atomic E-state index is -3.13. The minimum absolute atomic E-state index is 0.0483. The summed E-state index contributed by atoms with van der Waals surface area (Å²) in [6, 6.07) is 17.4. The monoisotopic (exact) mass is 445 g/mol. The zero-order valence-electron chi connectivity index (χ0n) is 19.0. The Morgan fingerprint density at radius 3 is 2.32 bits per heavy atom. The molecule has 0 saturated carbocycles. The fourth-order valence-corrected chi connectivity index (χ4v) is 4.43. The summed E-state index contributed by atoms with van der Waals surface area (Å²) >= 11 is 0. The summed E-state index contributed by atoms with van der Waals surface area (Å²) in [6.07, 6.45) is 0.520. The number of hydrogen-bond acceptors (Lipinski definition) is 4. The van der Waals surface area contributed by atoms with E-state index in [4.69, 9.17) is 4.74 Å². The second-order valence-electron chi connectivity index (χ2n) is 8.07. The lowest BCUT2D eigenvalue weighted by molar-refractivity contribution is 0.271. The number of nitrogens with zero attached hydrogens (tertiary/aromatic N) is 1. The number of rotatable bonds is 11. The van der Waals surface area contributed by atoms with E-state index in [2.05, 4.69) is 36.4 Å². The molecule has 0 aliphatic rings. The molecule has 2 rings (SSSR count). The molecule has 2 aromatic carbocycles. The summed E-state index contributed by atoms with van der Waals surface area (Å²) in [5.74, 6) is 2.22. The Balaban J connectivity index is 1.76. The molecule has 0 radical (unpaired) electrons. The van der Waals surface area contributed by atoms with Crippen molar-refractivity contribution in [1.29, 1.82) is 0 Å². The van der Waals surface area contributed by atoms with E-state index in [0.717, 1.165) is 16.9 Å². The predicted octanol–water partition coefficient (Wildman–Crippen LogP) is 3.95. The Hall–Kier alpha value is -2.54. The van der Waals surface area contributed by atoms with Crippen LogP contribution in [0.3, 0.4) is 0 Å². The molecule has 1 unspecified atom stereocenters. The molecule has 1 atom stereocenters. The van der Waals surface area contributed by atoms with Gasteiger partial charge in [0.1, 0.15) is 5.75 Å². The molecule has 0 aliphatic heterocycles. The molecule has 0 spiro atoms. The van der Waals surface area contributed by atoms with Gasteiger partial charge in [0.2, 0.25) is 0 Å². The van der Waals surface area contributed by atoms with Gasteiger partial charge in [0, 0.05) is 13.6 Å². The first-order chi connectivity index (χ1) is 14.8. The largest absolute Gasteiger partial charge is 0.493 e. The van der Waals surface area contributed by atoms with Crippen molar-refractivity contribution in [2.45, 2.75) is 39.0 Å². The highest BCUT2D eigenvalue weighted by Gasteiger charge is 2.12. The summed E-state index contributed by atoms with van der Waals surface area (Å²) < 4.78 is 30.3. The number of nitrogens with one attached hydrogen (secondary N) is 2. The fraction of sp³-hybridized carbons (Fsp3) is 0.458. The molecule has 0 heterocycles. The van der Waals surface area contributed by atoms with E-state index in [-0.39, 0.29) is 17.5 Å². The smallest absolute Gasteiger partial charge is 0.191 e. The van der Waals surface area contributed by atoms with Gasteiger partial charge in [-0.05, 0) is 42.5 Å². The van der Waals surface area contributed by atoms with Crippen LogP contribution in [-0.2, 0) is 15.6 Å². The van der Waals surface area contributed by atoms with E-state index in [0.29, 0.717) is 31.4 Å². The van der Waals surface area contributed by atoms with Crippen LogP contribution in [0.15, 0.2) is 59.6 Å². The van der Waals surface area contributed by atoms with Crippen molar-refractivity contribution in [2.75, 3.05) is 26.0 Å². The third-order valence-corrected chi connectivity index (χ3v) is 6.38. The second kappa shape index (κ2) is 12.3. The Bertz CT molecular complexity index is 911. The molecular weight excluding hydrogens is 410 g/mol. The van der Waals surface area contributed by atoms with Gasteiger partial charge in [0.15, 0.2) is 15.8 Å². The van der Waals surface area contributed by atoms with Gasteiger partial charge in [0.05, 0.1) is 24.2 Å². The first-order valence-corrected chi connectivity index (χ1v) is 12.6. The van der Waals surface area contributed by atoms with Crippen molar-refractivity contribution in [3.63, 3.8) is 0 Å². The predicted molar refractivity (Wildman–Crippen MR) is 128 cm³/mol. The highest BCUT2D eigenvalue weighted by molar-refractivity contribution is 7.90. The van der Waals surface area contributed by atoms with Crippen LogP contribution in [0.1, 0.15) is 44.4 Å². The van der Waals surface area contributed by atoms with Crippen molar-refractivity contribution in [3.05, 3.63) is 65.7 Å². The van der Waals surface area contributed by atoms with Crippen LogP contribution in [0, 0.1) is 5.92 Å². The molecule has 0 aliphatic carbocycles. The molecule has 0 saturated heterocycles. The lowest BCUT2D eigenvalue weighted by Gasteiger charge is -2.19. The van der Waals surface area contributed by atoms with E-state index >= 15 is 0 Å². The van der Waals surface area contributed by atoms with Crippen molar-refractivity contribution < 1.29 is 13.2 Å². The molecule has 0 aromatic heterocycles. The fourth-order valence-electron chi connectivity index (χ4n) is 3.00. The Kier molecular flexibility index (Phi) is 9.85. The maximum absolute atomic E-state index is 12.3. The molecule has 31 heavy (non-hydrogen) atoms. The maximum Gasteiger partial charge on any atom is 0.191 e. The third kappa shape index (κ3) is 9.42. The number of hydrogen-bond donors (Lipinski definition) is 2. The Morgan fingerprint density at radius 1 is 1.03 bits per heavy atom. The van der Waals surface area contributed by atoms with Crippen LogP contribution in [0.5, 0.6) is 5.75 Å². The first-order valence-electron chi connectivity index (χ1n) is 10.7. The molecule has 2 N–H and O–H groups in total. The van der Waals surface area contributed by atoms with Gasteiger partial charge >= 0.3 is 0 Å².